The average Bonchev–Trinajstić information content (AvgIpc) is 2.99. The predicted octanol–water partition coefficient (Wildman–Crippen LogP) is 10.5. The van der Waals surface area contributed by atoms with E-state index < -0.39 is 11.6 Å². The summed E-state index contributed by atoms with van der Waals surface area (Å²) in [7, 11) is 0. The van der Waals surface area contributed by atoms with Crippen molar-refractivity contribution in [3.63, 3.8) is 0 Å². The number of halogens is 2. The third-order valence-electron chi connectivity index (χ3n) is 11.3. The minimum Gasteiger partial charge on any atom is -0.491 e. The molecule has 224 valence electrons. The summed E-state index contributed by atoms with van der Waals surface area (Å²) < 4.78 is 39.3. The fraction of sp³-hybridized carbons (Fsp3) is 0.778. The lowest BCUT2D eigenvalue weighted by Crippen LogP contribution is -2.34. The predicted molar refractivity (Wildman–Crippen MR) is 160 cm³/mol. The topological polar surface area (TPSA) is 18.5 Å². The number of fused-ring (bicyclic) bond motifs is 1. The van der Waals surface area contributed by atoms with Crippen LogP contribution in [-0.2, 0) is 0 Å². The molecule has 4 saturated carbocycles. The third kappa shape index (κ3) is 7.62. The molecule has 4 fully saturated rings. The highest BCUT2D eigenvalue weighted by Crippen LogP contribution is 2.49. The first kappa shape index (κ1) is 29.9. The lowest BCUT2D eigenvalue weighted by molar-refractivity contribution is 0.0670. The van der Waals surface area contributed by atoms with Gasteiger partial charge in [0.2, 0.25) is 11.6 Å². The molecule has 0 bridgehead atoms. The van der Waals surface area contributed by atoms with Crippen molar-refractivity contribution >= 4 is 0 Å². The Morgan fingerprint density at radius 3 is 1.82 bits per heavy atom. The number of benzene rings is 1. The van der Waals surface area contributed by atoms with Crippen LogP contribution in [0.25, 0.3) is 0 Å². The van der Waals surface area contributed by atoms with Crippen LogP contribution in [0, 0.1) is 59.0 Å². The van der Waals surface area contributed by atoms with Crippen LogP contribution in [0.2, 0.25) is 0 Å². The molecule has 0 aromatic heterocycles. The van der Waals surface area contributed by atoms with Crippen LogP contribution in [0.5, 0.6) is 11.5 Å². The van der Waals surface area contributed by atoms with Crippen LogP contribution in [-0.4, -0.2) is 13.2 Å². The van der Waals surface area contributed by atoms with Crippen LogP contribution < -0.4 is 9.47 Å². The van der Waals surface area contributed by atoms with Gasteiger partial charge in [-0.15, -0.1) is 0 Å². The summed E-state index contributed by atoms with van der Waals surface area (Å²) in [5.41, 5.74) is 0. The lowest BCUT2D eigenvalue weighted by Gasteiger charge is -2.45. The maximum Gasteiger partial charge on any atom is 0.204 e. The van der Waals surface area contributed by atoms with Gasteiger partial charge in [0.1, 0.15) is 0 Å². The quantitative estimate of drug-likeness (QED) is 0.267. The molecule has 0 spiro atoms. The highest BCUT2D eigenvalue weighted by atomic mass is 19.2. The van der Waals surface area contributed by atoms with E-state index in [0.717, 1.165) is 48.3 Å². The first-order valence-electron chi connectivity index (χ1n) is 17.0. The maximum absolute atomic E-state index is 14.3. The van der Waals surface area contributed by atoms with Crippen LogP contribution in [0.3, 0.4) is 0 Å². The maximum atomic E-state index is 14.3. The van der Waals surface area contributed by atoms with Gasteiger partial charge in [-0.05, 0) is 143 Å². The molecule has 0 N–H and O–H groups in total. The molecule has 4 aliphatic rings. The van der Waals surface area contributed by atoms with Gasteiger partial charge in [0.25, 0.3) is 0 Å². The average molecular weight is 557 g/mol. The molecule has 0 heterocycles. The summed E-state index contributed by atoms with van der Waals surface area (Å²) in [6.45, 7) is 4.85. The Balaban J connectivity index is 1.00. The molecule has 2 nitrogen and oxygen atoms in total. The number of rotatable bonds is 10. The van der Waals surface area contributed by atoms with E-state index in [1.54, 1.807) is 6.92 Å². The lowest BCUT2D eigenvalue weighted by atomic mass is 9.61. The first-order chi connectivity index (χ1) is 19.5. The molecule has 4 aliphatic carbocycles. The molecule has 0 radical (unpaired) electrons. The standard InChI is InChI=1S/C36H54F2O2/c1-3-5-25-12-15-29(16-13-25)31-19-18-30-22-27(14-17-32(30)23-31)9-6-26-7-10-28(11-8-26)24-40-34-21-20-33(39-4-2)35(37)36(34)38/h6,9,20-21,25-32H,3-5,7-8,10-19,22-24H2,1-2H3/b9-6+. The smallest absolute Gasteiger partial charge is 0.204 e. The van der Waals surface area contributed by atoms with E-state index in [0.29, 0.717) is 25.0 Å². The van der Waals surface area contributed by atoms with Crippen LogP contribution in [0.4, 0.5) is 8.78 Å². The fourth-order valence-electron chi connectivity index (χ4n) is 8.88. The van der Waals surface area contributed by atoms with Crippen LogP contribution >= 0.6 is 0 Å². The van der Waals surface area contributed by atoms with Gasteiger partial charge in [-0.1, -0.05) is 44.8 Å². The second-order valence-corrected chi connectivity index (χ2v) is 13.8. The highest BCUT2D eigenvalue weighted by Gasteiger charge is 2.38. The van der Waals surface area contributed by atoms with Crippen LogP contribution in [0.15, 0.2) is 24.3 Å². The van der Waals surface area contributed by atoms with Gasteiger partial charge >= 0.3 is 0 Å². The second-order valence-electron chi connectivity index (χ2n) is 13.8. The third-order valence-corrected chi connectivity index (χ3v) is 11.3. The van der Waals surface area contributed by atoms with E-state index in [2.05, 4.69) is 19.1 Å². The zero-order valence-electron chi connectivity index (χ0n) is 25.2. The van der Waals surface area contributed by atoms with Crippen molar-refractivity contribution in [1.82, 2.24) is 0 Å². The normalized spacial score (nSPS) is 34.9. The van der Waals surface area contributed by atoms with Crippen LogP contribution in [0.1, 0.15) is 117 Å². The Hall–Kier alpha value is -1.58. The Morgan fingerprint density at radius 1 is 0.625 bits per heavy atom. The van der Waals surface area contributed by atoms with Gasteiger partial charge in [-0.25, -0.2) is 0 Å². The molecule has 0 aliphatic heterocycles. The van der Waals surface area contributed by atoms with E-state index in [1.165, 1.54) is 102 Å². The summed E-state index contributed by atoms with van der Waals surface area (Å²) >= 11 is 0. The van der Waals surface area contributed by atoms with Crippen molar-refractivity contribution in [2.45, 2.75) is 117 Å². The SMILES string of the molecule is CCCC1CCC(C2CCC3CC(/C=C/C4CCC(COc5ccc(OCC)c(F)c5F)CC4)CCC3C2)CC1. The Labute approximate surface area is 242 Å². The van der Waals surface area contributed by atoms with E-state index in [4.69, 9.17) is 9.47 Å². The minimum atomic E-state index is -0.958. The molecule has 4 heteroatoms. The van der Waals surface area contributed by atoms with Gasteiger partial charge in [-0.2, -0.15) is 8.78 Å². The summed E-state index contributed by atoms with van der Waals surface area (Å²) in [5, 5.41) is 0. The molecular weight excluding hydrogens is 502 g/mol. The van der Waals surface area contributed by atoms with Crippen molar-refractivity contribution in [2.75, 3.05) is 13.2 Å². The molecule has 40 heavy (non-hydrogen) atoms. The minimum absolute atomic E-state index is 0.00744. The van der Waals surface area contributed by atoms with E-state index >= 15 is 0 Å². The largest absolute Gasteiger partial charge is 0.491 e. The van der Waals surface area contributed by atoms with Gasteiger partial charge in [0.15, 0.2) is 11.5 Å². The van der Waals surface area contributed by atoms with Gasteiger partial charge in [0.05, 0.1) is 13.2 Å². The highest BCUT2D eigenvalue weighted by molar-refractivity contribution is 5.35. The van der Waals surface area contributed by atoms with Crippen molar-refractivity contribution in [3.05, 3.63) is 35.9 Å². The molecule has 0 amide bonds. The Morgan fingerprint density at radius 2 is 1.15 bits per heavy atom. The van der Waals surface area contributed by atoms with Crippen molar-refractivity contribution in [3.8, 4) is 11.5 Å². The summed E-state index contributed by atoms with van der Waals surface area (Å²) in [6.07, 6.45) is 27.3. The van der Waals surface area contributed by atoms with Crippen molar-refractivity contribution in [1.29, 1.82) is 0 Å². The van der Waals surface area contributed by atoms with E-state index in [9.17, 15) is 8.78 Å². The summed E-state index contributed by atoms with van der Waals surface area (Å²) in [5.74, 6) is 4.95. The van der Waals surface area contributed by atoms with Gasteiger partial charge in [0, 0.05) is 0 Å². The Bertz CT molecular complexity index is 944. The molecule has 4 atom stereocenters. The number of ether oxygens (including phenoxy) is 2. The number of hydrogen-bond acceptors (Lipinski definition) is 2. The summed E-state index contributed by atoms with van der Waals surface area (Å²) in [6, 6.07) is 2.94. The van der Waals surface area contributed by atoms with Gasteiger partial charge in [-0.3, -0.25) is 0 Å². The van der Waals surface area contributed by atoms with Gasteiger partial charge < -0.3 is 9.47 Å². The van der Waals surface area contributed by atoms with E-state index in [1.807, 2.05) is 0 Å². The number of allylic oxidation sites excluding steroid dienone is 2. The molecule has 4 unspecified atom stereocenters. The number of hydrogen-bond donors (Lipinski definition) is 0. The molecule has 1 aromatic rings. The summed E-state index contributed by atoms with van der Waals surface area (Å²) in [4.78, 5) is 0. The monoisotopic (exact) mass is 556 g/mol. The van der Waals surface area contributed by atoms with Crippen molar-refractivity contribution < 1.29 is 18.3 Å². The zero-order chi connectivity index (χ0) is 27.9. The van der Waals surface area contributed by atoms with Crippen molar-refractivity contribution in [2.24, 2.45) is 47.3 Å². The molecular formula is C36H54F2O2. The fourth-order valence-corrected chi connectivity index (χ4v) is 8.88. The first-order valence-corrected chi connectivity index (χ1v) is 17.0. The second kappa shape index (κ2) is 14.5. The van der Waals surface area contributed by atoms with E-state index in [-0.39, 0.29) is 11.5 Å². The zero-order valence-corrected chi connectivity index (χ0v) is 25.2. The Kier molecular flexibility index (Phi) is 10.9. The molecule has 1 aromatic carbocycles. The molecule has 5 rings (SSSR count). The molecule has 0 saturated heterocycles.